The van der Waals surface area contributed by atoms with Gasteiger partial charge in [-0.3, -0.25) is 29.8 Å². The van der Waals surface area contributed by atoms with Crippen molar-refractivity contribution in [3.05, 3.63) is 0 Å². The van der Waals surface area contributed by atoms with Crippen molar-refractivity contribution >= 4 is 47.0 Å². The van der Waals surface area contributed by atoms with Gasteiger partial charge in [0.15, 0.2) is 5.11 Å². The standard InChI is InChI=1S/C4H4N2O3.C4H4N2O2S/c2*7-2-1-3(8)6-4(9)5-2/h2*1H2,(H2,5,6,7,8,9). The summed E-state index contributed by atoms with van der Waals surface area (Å²) in [6, 6.07) is -0.740. The van der Waals surface area contributed by atoms with E-state index in [1.165, 1.54) is 0 Å². The quantitative estimate of drug-likeness (QED) is 0.288. The summed E-state index contributed by atoms with van der Waals surface area (Å²) in [5.74, 6) is -1.79. The monoisotopic (exact) mass is 272 g/mol. The molecule has 0 aromatic carbocycles. The average Bonchev–Trinajstić information content (AvgIpc) is 2.12. The number of amides is 6. The molecule has 0 spiro atoms. The molecule has 2 saturated heterocycles. The number of rotatable bonds is 0. The first-order valence-corrected chi connectivity index (χ1v) is 5.05. The lowest BCUT2D eigenvalue weighted by Crippen LogP contribution is -2.49. The first kappa shape index (κ1) is 13.7. The molecule has 0 saturated carbocycles. The van der Waals surface area contributed by atoms with Crippen LogP contribution in [-0.4, -0.2) is 34.8 Å². The Kier molecular flexibility index (Phi) is 4.43. The highest BCUT2D eigenvalue weighted by Crippen LogP contribution is 1.86. The molecule has 0 radical (unpaired) electrons. The molecule has 0 bridgehead atoms. The molecule has 9 nitrogen and oxygen atoms in total. The summed E-state index contributed by atoms with van der Waals surface area (Å²) in [7, 11) is 0. The number of carbonyl (C=O) groups is 5. The molecule has 18 heavy (non-hydrogen) atoms. The topological polar surface area (TPSA) is 133 Å². The van der Waals surface area contributed by atoms with Crippen LogP contribution in [0.15, 0.2) is 0 Å². The van der Waals surface area contributed by atoms with Crippen LogP contribution in [0, 0.1) is 0 Å². The molecule has 2 fully saturated rings. The number of imide groups is 2. The SMILES string of the molecule is O=C1CC(=O)NC(=O)N1.O=C1CC(=O)NC(=S)N1. The van der Waals surface area contributed by atoms with Gasteiger partial charge in [-0.2, -0.15) is 0 Å². The Hall–Kier alpha value is -2.36. The van der Waals surface area contributed by atoms with Gasteiger partial charge in [-0.25, -0.2) is 4.79 Å². The van der Waals surface area contributed by atoms with E-state index in [0.29, 0.717) is 0 Å². The van der Waals surface area contributed by atoms with Crippen LogP contribution in [0.1, 0.15) is 12.8 Å². The van der Waals surface area contributed by atoms with E-state index in [1.54, 1.807) is 0 Å². The molecule has 96 valence electrons. The van der Waals surface area contributed by atoms with Gasteiger partial charge in [0.2, 0.25) is 23.6 Å². The van der Waals surface area contributed by atoms with Crippen LogP contribution >= 0.6 is 12.2 Å². The van der Waals surface area contributed by atoms with Crippen molar-refractivity contribution in [2.75, 3.05) is 0 Å². The van der Waals surface area contributed by atoms with Gasteiger partial charge in [0.25, 0.3) is 0 Å². The molecule has 10 heteroatoms. The molecule has 2 heterocycles. The van der Waals surface area contributed by atoms with E-state index in [0.717, 1.165) is 0 Å². The lowest BCUT2D eigenvalue weighted by Gasteiger charge is -2.12. The Bertz CT molecular complexity index is 328. The summed E-state index contributed by atoms with van der Waals surface area (Å²) >= 11 is 4.50. The number of barbiturate groups is 1. The number of hydrogen-bond donors (Lipinski definition) is 4. The molecule has 2 aliphatic heterocycles. The van der Waals surface area contributed by atoms with Gasteiger partial charge in [0.05, 0.1) is 0 Å². The van der Waals surface area contributed by atoms with Crippen molar-refractivity contribution in [2.24, 2.45) is 0 Å². The Morgan fingerprint density at radius 1 is 0.667 bits per heavy atom. The summed E-state index contributed by atoms with van der Waals surface area (Å²) in [5.41, 5.74) is 0. The van der Waals surface area contributed by atoms with Crippen molar-refractivity contribution in [2.45, 2.75) is 12.8 Å². The maximum atomic E-state index is 10.4. The number of urea groups is 1. The normalized spacial score (nSPS) is 18.9. The molecular formula is C8H8N4O5S. The molecule has 0 aromatic heterocycles. The Morgan fingerprint density at radius 3 is 1.28 bits per heavy atom. The second kappa shape index (κ2) is 5.82. The van der Waals surface area contributed by atoms with Crippen LogP contribution in [0.2, 0.25) is 0 Å². The van der Waals surface area contributed by atoms with Gasteiger partial charge in [-0.05, 0) is 12.2 Å². The van der Waals surface area contributed by atoms with E-state index in [2.05, 4.69) is 22.9 Å². The third-order valence-corrected chi connectivity index (χ3v) is 1.86. The van der Waals surface area contributed by atoms with Crippen LogP contribution < -0.4 is 21.3 Å². The number of nitrogens with one attached hydrogen (secondary N) is 4. The van der Waals surface area contributed by atoms with Gasteiger partial charge in [-0.1, -0.05) is 0 Å². The second-order valence-corrected chi connectivity index (χ2v) is 3.61. The van der Waals surface area contributed by atoms with Gasteiger partial charge >= 0.3 is 6.03 Å². The van der Waals surface area contributed by atoms with E-state index >= 15 is 0 Å². The largest absolute Gasteiger partial charge is 0.328 e. The van der Waals surface area contributed by atoms with Crippen LogP contribution in [-0.2, 0) is 19.2 Å². The zero-order chi connectivity index (χ0) is 13.7. The summed E-state index contributed by atoms with van der Waals surface area (Å²) in [4.78, 5) is 51.7. The minimum absolute atomic E-state index is 0.0938. The highest BCUT2D eigenvalue weighted by atomic mass is 32.1. The molecular weight excluding hydrogens is 264 g/mol. The van der Waals surface area contributed by atoms with Crippen molar-refractivity contribution in [3.8, 4) is 0 Å². The fourth-order valence-electron chi connectivity index (χ4n) is 1.04. The third-order valence-electron chi connectivity index (χ3n) is 1.65. The van der Waals surface area contributed by atoms with Crippen molar-refractivity contribution in [3.63, 3.8) is 0 Å². The summed E-state index contributed by atoms with van der Waals surface area (Å²) in [5, 5.41) is 8.43. The van der Waals surface area contributed by atoms with Gasteiger partial charge < -0.3 is 10.6 Å². The first-order valence-electron chi connectivity index (χ1n) is 4.64. The van der Waals surface area contributed by atoms with E-state index in [9.17, 15) is 24.0 Å². The predicted molar refractivity (Wildman–Crippen MR) is 59.8 cm³/mol. The molecule has 0 aliphatic carbocycles. The zero-order valence-electron chi connectivity index (χ0n) is 8.86. The highest BCUT2D eigenvalue weighted by Gasteiger charge is 2.20. The van der Waals surface area contributed by atoms with Crippen molar-refractivity contribution < 1.29 is 24.0 Å². The predicted octanol–water partition coefficient (Wildman–Crippen LogP) is -2.35. The van der Waals surface area contributed by atoms with Crippen LogP contribution in [0.25, 0.3) is 0 Å². The van der Waals surface area contributed by atoms with E-state index < -0.39 is 17.8 Å². The molecule has 0 unspecified atom stereocenters. The molecule has 0 aromatic rings. The highest BCUT2D eigenvalue weighted by molar-refractivity contribution is 7.80. The number of thiocarbonyl (C=S) groups is 1. The van der Waals surface area contributed by atoms with Gasteiger partial charge in [-0.15, -0.1) is 0 Å². The molecule has 2 rings (SSSR count). The van der Waals surface area contributed by atoms with E-state index in [1.807, 2.05) is 10.6 Å². The molecule has 0 atom stereocenters. The maximum absolute atomic E-state index is 10.4. The zero-order valence-corrected chi connectivity index (χ0v) is 9.68. The molecule has 6 amide bonds. The fraction of sp³-hybridized carbons (Fsp3) is 0.250. The Morgan fingerprint density at radius 2 is 1.00 bits per heavy atom. The van der Waals surface area contributed by atoms with Crippen molar-refractivity contribution in [1.29, 1.82) is 0 Å². The Balaban J connectivity index is 0.000000180. The second-order valence-electron chi connectivity index (χ2n) is 3.20. The van der Waals surface area contributed by atoms with E-state index in [-0.39, 0.29) is 29.8 Å². The smallest absolute Gasteiger partial charge is 0.302 e. The maximum Gasteiger partial charge on any atom is 0.328 e. The molecule has 4 N–H and O–H groups in total. The summed E-state index contributed by atoms with van der Waals surface area (Å²) in [6.45, 7) is 0. The fourth-order valence-corrected chi connectivity index (χ4v) is 1.27. The van der Waals surface area contributed by atoms with Crippen LogP contribution in [0.5, 0.6) is 0 Å². The first-order chi connectivity index (χ1) is 8.36. The third kappa shape index (κ3) is 4.65. The van der Waals surface area contributed by atoms with Crippen LogP contribution in [0.4, 0.5) is 4.79 Å². The van der Waals surface area contributed by atoms with Gasteiger partial charge in [0, 0.05) is 0 Å². The summed E-state index contributed by atoms with van der Waals surface area (Å²) < 4.78 is 0. The minimum atomic E-state index is -0.740. The van der Waals surface area contributed by atoms with Crippen LogP contribution in [0.3, 0.4) is 0 Å². The van der Waals surface area contributed by atoms with E-state index in [4.69, 9.17) is 0 Å². The Labute approximate surface area is 106 Å². The van der Waals surface area contributed by atoms with Crippen molar-refractivity contribution in [1.82, 2.24) is 21.3 Å². The summed E-state index contributed by atoms with van der Waals surface area (Å²) in [6.07, 6.45) is -0.383. The van der Waals surface area contributed by atoms with Gasteiger partial charge in [0.1, 0.15) is 12.8 Å². The lowest BCUT2D eigenvalue weighted by molar-refractivity contribution is -0.131. The average molecular weight is 272 g/mol. The number of hydrogen-bond acceptors (Lipinski definition) is 6. The minimum Gasteiger partial charge on any atom is -0.302 e. The number of carbonyl (C=O) groups excluding carboxylic acids is 5. The lowest BCUT2D eigenvalue weighted by atomic mass is 10.3. The molecule has 2 aliphatic rings.